The molecule has 0 bridgehead atoms. The lowest BCUT2D eigenvalue weighted by Gasteiger charge is -2.12. The summed E-state index contributed by atoms with van der Waals surface area (Å²) in [5, 5.41) is 9.53. The van der Waals surface area contributed by atoms with Crippen molar-refractivity contribution < 1.29 is 13.2 Å². The number of nitrogens with one attached hydrogen (secondary N) is 2. The Bertz CT molecular complexity index is 567. The molecular weight excluding hydrogens is 285 g/mol. The van der Waals surface area contributed by atoms with E-state index in [0.717, 1.165) is 6.07 Å². The van der Waals surface area contributed by atoms with E-state index in [1.165, 1.54) is 0 Å². The van der Waals surface area contributed by atoms with Crippen molar-refractivity contribution in [3.8, 4) is 0 Å². The largest absolute Gasteiger partial charge is 0.433 e. The smallest absolute Gasteiger partial charge is 0.368 e. The van der Waals surface area contributed by atoms with Gasteiger partial charge in [0.25, 0.3) is 0 Å². The van der Waals surface area contributed by atoms with Crippen LogP contribution in [0.2, 0.25) is 0 Å². The lowest BCUT2D eigenvalue weighted by atomic mass is 10.3. The zero-order chi connectivity index (χ0) is 15.3. The monoisotopic (exact) mass is 300 g/mol. The van der Waals surface area contributed by atoms with E-state index in [4.69, 9.17) is 0 Å². The summed E-state index contributed by atoms with van der Waals surface area (Å²) in [6, 6.07) is 2.67. The number of aromatic nitrogens is 4. The standard InChI is InChI=1S/C12H15F3N6/c1-2-16-11-19-9(12(13,14)15)8-10(20-11)17-5-7-21-6-3-4-18-21/h3-4,6,8H,2,5,7H2,1H3,(H2,16,17,19,20). The predicted molar refractivity (Wildman–Crippen MR) is 71.9 cm³/mol. The summed E-state index contributed by atoms with van der Waals surface area (Å²) in [7, 11) is 0. The molecule has 0 unspecified atom stereocenters. The summed E-state index contributed by atoms with van der Waals surface area (Å²) in [6.45, 7) is 3.12. The maximum absolute atomic E-state index is 12.8. The van der Waals surface area contributed by atoms with Crippen LogP contribution >= 0.6 is 0 Å². The van der Waals surface area contributed by atoms with Crippen molar-refractivity contribution in [3.63, 3.8) is 0 Å². The molecule has 0 aliphatic heterocycles. The van der Waals surface area contributed by atoms with Crippen molar-refractivity contribution in [3.05, 3.63) is 30.2 Å². The molecule has 0 amide bonds. The first-order chi connectivity index (χ1) is 9.99. The summed E-state index contributed by atoms with van der Waals surface area (Å²) in [5.74, 6) is 0.0781. The molecule has 0 atom stereocenters. The highest BCUT2D eigenvalue weighted by Crippen LogP contribution is 2.29. The minimum Gasteiger partial charge on any atom is -0.368 e. The summed E-state index contributed by atoms with van der Waals surface area (Å²) >= 11 is 0. The zero-order valence-corrected chi connectivity index (χ0v) is 11.4. The predicted octanol–water partition coefficient (Wildman–Crippen LogP) is 2.24. The van der Waals surface area contributed by atoms with Gasteiger partial charge in [-0.15, -0.1) is 0 Å². The Morgan fingerprint density at radius 3 is 2.67 bits per heavy atom. The lowest BCUT2D eigenvalue weighted by Crippen LogP contribution is -2.16. The molecule has 0 saturated heterocycles. The number of alkyl halides is 3. The first-order valence-electron chi connectivity index (χ1n) is 6.40. The summed E-state index contributed by atoms with van der Waals surface area (Å²) in [5.41, 5.74) is -0.977. The maximum atomic E-state index is 12.8. The van der Waals surface area contributed by atoms with E-state index in [1.807, 2.05) is 0 Å². The Morgan fingerprint density at radius 2 is 2.05 bits per heavy atom. The number of hydrogen-bond donors (Lipinski definition) is 2. The van der Waals surface area contributed by atoms with Gasteiger partial charge >= 0.3 is 6.18 Å². The van der Waals surface area contributed by atoms with Crippen LogP contribution in [0, 0.1) is 0 Å². The zero-order valence-electron chi connectivity index (χ0n) is 11.4. The van der Waals surface area contributed by atoms with Crippen LogP contribution in [0.5, 0.6) is 0 Å². The van der Waals surface area contributed by atoms with Crippen LogP contribution in [0.4, 0.5) is 24.9 Å². The van der Waals surface area contributed by atoms with E-state index < -0.39 is 11.9 Å². The van der Waals surface area contributed by atoms with Crippen molar-refractivity contribution in [2.24, 2.45) is 0 Å². The summed E-state index contributed by atoms with van der Waals surface area (Å²) < 4.78 is 40.0. The van der Waals surface area contributed by atoms with Gasteiger partial charge in [-0.3, -0.25) is 4.68 Å². The quantitative estimate of drug-likeness (QED) is 0.856. The van der Waals surface area contributed by atoms with Crippen LogP contribution in [0.3, 0.4) is 0 Å². The normalized spacial score (nSPS) is 11.4. The van der Waals surface area contributed by atoms with Gasteiger partial charge < -0.3 is 10.6 Å². The van der Waals surface area contributed by atoms with E-state index >= 15 is 0 Å². The molecule has 0 fully saturated rings. The Labute approximate surface area is 119 Å². The van der Waals surface area contributed by atoms with Gasteiger partial charge in [0.1, 0.15) is 5.82 Å². The number of rotatable bonds is 6. The fourth-order valence-electron chi connectivity index (χ4n) is 1.65. The molecule has 0 aliphatic rings. The van der Waals surface area contributed by atoms with Gasteiger partial charge in [0, 0.05) is 31.5 Å². The molecule has 0 saturated carbocycles. The highest BCUT2D eigenvalue weighted by Gasteiger charge is 2.33. The van der Waals surface area contributed by atoms with Crippen molar-refractivity contribution in [2.45, 2.75) is 19.6 Å². The number of anilines is 2. The first kappa shape index (κ1) is 15.1. The number of halogens is 3. The van der Waals surface area contributed by atoms with Gasteiger partial charge in [-0.05, 0) is 13.0 Å². The Hall–Kier alpha value is -2.32. The molecule has 9 heteroatoms. The molecule has 2 aromatic rings. The maximum Gasteiger partial charge on any atom is 0.433 e. The average Bonchev–Trinajstić information content (AvgIpc) is 2.91. The lowest BCUT2D eigenvalue weighted by molar-refractivity contribution is -0.141. The van der Waals surface area contributed by atoms with Gasteiger partial charge in [-0.1, -0.05) is 0 Å². The van der Waals surface area contributed by atoms with Crippen molar-refractivity contribution in [1.29, 1.82) is 0 Å². The second-order valence-electron chi connectivity index (χ2n) is 4.19. The second-order valence-corrected chi connectivity index (χ2v) is 4.19. The first-order valence-corrected chi connectivity index (χ1v) is 6.40. The molecule has 0 aliphatic carbocycles. The fourth-order valence-corrected chi connectivity index (χ4v) is 1.65. The van der Waals surface area contributed by atoms with Crippen molar-refractivity contribution in [2.75, 3.05) is 23.7 Å². The van der Waals surface area contributed by atoms with Crippen LogP contribution in [0.25, 0.3) is 0 Å². The average molecular weight is 300 g/mol. The molecule has 2 aromatic heterocycles. The minimum atomic E-state index is -4.51. The highest BCUT2D eigenvalue weighted by molar-refractivity contribution is 5.43. The topological polar surface area (TPSA) is 67.7 Å². The molecular formula is C12H15F3N6. The van der Waals surface area contributed by atoms with Gasteiger partial charge in [-0.25, -0.2) is 4.98 Å². The van der Waals surface area contributed by atoms with Gasteiger partial charge in [-0.2, -0.15) is 23.3 Å². The van der Waals surface area contributed by atoms with E-state index in [1.54, 1.807) is 30.1 Å². The number of hydrogen-bond acceptors (Lipinski definition) is 5. The second kappa shape index (κ2) is 6.42. The van der Waals surface area contributed by atoms with Crippen LogP contribution in [0.15, 0.2) is 24.5 Å². The SMILES string of the molecule is CCNc1nc(NCCn2cccn2)cc(C(F)(F)F)n1. The third-order valence-electron chi connectivity index (χ3n) is 2.56. The molecule has 114 valence electrons. The number of nitrogens with zero attached hydrogens (tertiary/aromatic N) is 4. The molecule has 2 N–H and O–H groups in total. The van der Waals surface area contributed by atoms with Gasteiger partial charge in [0.2, 0.25) is 5.95 Å². The Morgan fingerprint density at radius 1 is 1.24 bits per heavy atom. The van der Waals surface area contributed by atoms with E-state index in [9.17, 15) is 13.2 Å². The molecule has 0 aromatic carbocycles. The summed E-state index contributed by atoms with van der Waals surface area (Å²) in [6.07, 6.45) is -1.10. The fraction of sp³-hybridized carbons (Fsp3) is 0.417. The Balaban J connectivity index is 2.08. The van der Waals surface area contributed by atoms with Gasteiger partial charge in [0.15, 0.2) is 5.69 Å². The molecule has 0 radical (unpaired) electrons. The van der Waals surface area contributed by atoms with E-state index in [2.05, 4.69) is 25.7 Å². The molecule has 2 heterocycles. The van der Waals surface area contributed by atoms with Crippen LogP contribution in [0.1, 0.15) is 12.6 Å². The van der Waals surface area contributed by atoms with Crippen molar-refractivity contribution >= 4 is 11.8 Å². The third-order valence-corrected chi connectivity index (χ3v) is 2.56. The van der Waals surface area contributed by atoms with Crippen LogP contribution in [-0.2, 0) is 12.7 Å². The van der Waals surface area contributed by atoms with Crippen LogP contribution < -0.4 is 10.6 Å². The van der Waals surface area contributed by atoms with Crippen molar-refractivity contribution in [1.82, 2.24) is 19.7 Å². The van der Waals surface area contributed by atoms with E-state index in [-0.39, 0.29) is 11.8 Å². The third kappa shape index (κ3) is 4.33. The molecule has 21 heavy (non-hydrogen) atoms. The minimum absolute atomic E-state index is 0.0473. The summed E-state index contributed by atoms with van der Waals surface area (Å²) in [4.78, 5) is 7.44. The van der Waals surface area contributed by atoms with E-state index in [0.29, 0.717) is 19.6 Å². The molecule has 0 spiro atoms. The van der Waals surface area contributed by atoms with Gasteiger partial charge in [0.05, 0.1) is 6.54 Å². The molecule has 6 nitrogen and oxygen atoms in total. The highest BCUT2D eigenvalue weighted by atomic mass is 19.4. The molecule has 2 rings (SSSR count). The Kier molecular flexibility index (Phi) is 4.61. The van der Waals surface area contributed by atoms with Crippen LogP contribution in [-0.4, -0.2) is 32.8 Å².